The van der Waals surface area contributed by atoms with Crippen LogP contribution in [0.1, 0.15) is 43.4 Å². The van der Waals surface area contributed by atoms with Crippen LogP contribution in [-0.2, 0) is 16.0 Å². The molecule has 0 amide bonds. The standard InChI is InChI=1S/C17H22FNO2/c1-2-21-17(20)13-7-9-19(10-8-13)16-6-4-12-3-5-14(18)11-15(12)16/h3,5,11,13,16H,2,4,6-10H2,1H3/t16-/m1/s1. The zero-order valence-corrected chi connectivity index (χ0v) is 12.5. The summed E-state index contributed by atoms with van der Waals surface area (Å²) in [6.45, 7) is 4.08. The van der Waals surface area contributed by atoms with Gasteiger partial charge in [-0.05, 0) is 69.0 Å². The van der Waals surface area contributed by atoms with E-state index in [0.29, 0.717) is 12.6 Å². The predicted octanol–water partition coefficient (Wildman–Crippen LogP) is 3.09. The molecule has 0 unspecified atom stereocenters. The van der Waals surface area contributed by atoms with Crippen LogP contribution >= 0.6 is 0 Å². The summed E-state index contributed by atoms with van der Waals surface area (Å²) < 4.78 is 18.6. The third-order valence-corrected chi connectivity index (χ3v) is 4.74. The number of carbonyl (C=O) groups excluding carboxylic acids is 1. The van der Waals surface area contributed by atoms with Crippen molar-refractivity contribution in [3.05, 3.63) is 35.1 Å². The first-order valence-corrected chi connectivity index (χ1v) is 7.88. The lowest BCUT2D eigenvalue weighted by atomic mass is 9.94. The Balaban J connectivity index is 1.64. The lowest BCUT2D eigenvalue weighted by molar-refractivity contribution is -0.149. The number of ether oxygens (including phenoxy) is 1. The van der Waals surface area contributed by atoms with E-state index < -0.39 is 0 Å². The molecule has 114 valence electrons. The second-order valence-electron chi connectivity index (χ2n) is 5.96. The summed E-state index contributed by atoms with van der Waals surface area (Å²) in [6, 6.07) is 5.47. The summed E-state index contributed by atoms with van der Waals surface area (Å²) in [7, 11) is 0. The molecule has 1 aromatic carbocycles. The topological polar surface area (TPSA) is 29.5 Å². The highest BCUT2D eigenvalue weighted by Gasteiger charge is 2.33. The van der Waals surface area contributed by atoms with Crippen molar-refractivity contribution in [1.29, 1.82) is 0 Å². The average Bonchev–Trinajstić information content (AvgIpc) is 2.90. The molecule has 2 aliphatic rings. The number of carbonyl (C=O) groups is 1. The Kier molecular flexibility index (Phi) is 4.24. The molecule has 0 bridgehead atoms. The minimum Gasteiger partial charge on any atom is -0.466 e. The number of nitrogens with zero attached hydrogens (tertiary/aromatic N) is 1. The molecule has 3 rings (SSSR count). The molecule has 1 saturated heterocycles. The van der Waals surface area contributed by atoms with Gasteiger partial charge in [-0.15, -0.1) is 0 Å². The Morgan fingerprint density at radius 3 is 2.81 bits per heavy atom. The number of fused-ring (bicyclic) bond motifs is 1. The van der Waals surface area contributed by atoms with Gasteiger partial charge in [-0.2, -0.15) is 0 Å². The van der Waals surface area contributed by atoms with Gasteiger partial charge in [-0.1, -0.05) is 6.07 Å². The molecule has 1 heterocycles. The summed E-state index contributed by atoms with van der Waals surface area (Å²) in [4.78, 5) is 14.2. The minimum absolute atomic E-state index is 0.0367. The van der Waals surface area contributed by atoms with Crippen LogP contribution in [0.3, 0.4) is 0 Å². The monoisotopic (exact) mass is 291 g/mol. The molecule has 0 saturated carbocycles. The molecule has 1 aromatic rings. The Labute approximate surface area is 125 Å². The van der Waals surface area contributed by atoms with Crippen LogP contribution in [0.15, 0.2) is 18.2 Å². The fourth-order valence-electron chi connectivity index (χ4n) is 3.64. The number of aryl methyl sites for hydroxylation is 1. The van der Waals surface area contributed by atoms with Gasteiger partial charge in [0.25, 0.3) is 0 Å². The number of likely N-dealkylation sites (tertiary alicyclic amines) is 1. The quantitative estimate of drug-likeness (QED) is 0.802. The second kappa shape index (κ2) is 6.14. The molecule has 21 heavy (non-hydrogen) atoms. The van der Waals surface area contributed by atoms with E-state index in [1.807, 2.05) is 13.0 Å². The first-order valence-electron chi connectivity index (χ1n) is 7.88. The van der Waals surface area contributed by atoms with Crippen LogP contribution < -0.4 is 0 Å². The van der Waals surface area contributed by atoms with Gasteiger partial charge in [0.15, 0.2) is 0 Å². The van der Waals surface area contributed by atoms with Crippen molar-refractivity contribution in [2.45, 2.75) is 38.6 Å². The number of benzene rings is 1. The number of piperidine rings is 1. The number of rotatable bonds is 3. The zero-order chi connectivity index (χ0) is 14.8. The number of hydrogen-bond donors (Lipinski definition) is 0. The highest BCUT2D eigenvalue weighted by Crippen LogP contribution is 2.38. The maximum absolute atomic E-state index is 13.5. The third kappa shape index (κ3) is 2.95. The molecule has 0 N–H and O–H groups in total. The molecule has 4 heteroatoms. The Hall–Kier alpha value is -1.42. The van der Waals surface area contributed by atoms with Gasteiger partial charge in [0.2, 0.25) is 0 Å². The van der Waals surface area contributed by atoms with Crippen LogP contribution in [0.4, 0.5) is 4.39 Å². The maximum Gasteiger partial charge on any atom is 0.309 e. The molecule has 1 aliphatic carbocycles. The lowest BCUT2D eigenvalue weighted by Crippen LogP contribution is -2.38. The molecular weight excluding hydrogens is 269 g/mol. The summed E-state index contributed by atoms with van der Waals surface area (Å²) in [6.07, 6.45) is 3.78. The van der Waals surface area contributed by atoms with Gasteiger partial charge in [0.1, 0.15) is 5.82 Å². The van der Waals surface area contributed by atoms with Gasteiger partial charge in [0.05, 0.1) is 12.5 Å². The van der Waals surface area contributed by atoms with Crippen molar-refractivity contribution in [3.63, 3.8) is 0 Å². The molecule has 1 aliphatic heterocycles. The molecule has 1 atom stereocenters. The van der Waals surface area contributed by atoms with E-state index in [2.05, 4.69) is 4.90 Å². The minimum atomic E-state index is -0.151. The molecule has 1 fully saturated rings. The fourth-order valence-corrected chi connectivity index (χ4v) is 3.64. The highest BCUT2D eigenvalue weighted by atomic mass is 19.1. The SMILES string of the molecule is CCOC(=O)C1CCN([C@@H]2CCc3ccc(F)cc32)CC1. The van der Waals surface area contributed by atoms with Gasteiger partial charge < -0.3 is 4.74 Å². The summed E-state index contributed by atoms with van der Waals surface area (Å²) in [5.41, 5.74) is 2.42. The lowest BCUT2D eigenvalue weighted by Gasteiger charge is -2.35. The van der Waals surface area contributed by atoms with E-state index in [1.54, 1.807) is 12.1 Å². The van der Waals surface area contributed by atoms with E-state index in [1.165, 1.54) is 5.56 Å². The number of hydrogen-bond acceptors (Lipinski definition) is 3. The van der Waals surface area contributed by atoms with Crippen LogP contribution in [0, 0.1) is 11.7 Å². The van der Waals surface area contributed by atoms with Gasteiger partial charge in [-0.25, -0.2) is 4.39 Å². The van der Waals surface area contributed by atoms with Crippen molar-refractivity contribution in [2.24, 2.45) is 5.92 Å². The van der Waals surface area contributed by atoms with Crippen molar-refractivity contribution >= 4 is 5.97 Å². The van der Waals surface area contributed by atoms with E-state index in [4.69, 9.17) is 4.74 Å². The summed E-state index contributed by atoms with van der Waals surface area (Å²) in [5.74, 6) is -0.174. The van der Waals surface area contributed by atoms with Crippen LogP contribution in [0.25, 0.3) is 0 Å². The van der Waals surface area contributed by atoms with Gasteiger partial charge in [0, 0.05) is 6.04 Å². The smallest absolute Gasteiger partial charge is 0.309 e. The predicted molar refractivity (Wildman–Crippen MR) is 78.4 cm³/mol. The largest absolute Gasteiger partial charge is 0.466 e. The summed E-state index contributed by atoms with van der Waals surface area (Å²) in [5, 5.41) is 0. The molecule has 0 radical (unpaired) electrons. The van der Waals surface area contributed by atoms with E-state index >= 15 is 0 Å². The first-order chi connectivity index (χ1) is 10.2. The molecule has 3 nitrogen and oxygen atoms in total. The number of esters is 1. The first kappa shape index (κ1) is 14.5. The van der Waals surface area contributed by atoms with Crippen molar-refractivity contribution < 1.29 is 13.9 Å². The van der Waals surface area contributed by atoms with Crippen molar-refractivity contribution in [2.75, 3.05) is 19.7 Å². The zero-order valence-electron chi connectivity index (χ0n) is 12.5. The second-order valence-corrected chi connectivity index (χ2v) is 5.96. The van der Waals surface area contributed by atoms with E-state index in [9.17, 15) is 9.18 Å². The normalized spacial score (nSPS) is 23.0. The van der Waals surface area contributed by atoms with E-state index in [-0.39, 0.29) is 17.7 Å². The van der Waals surface area contributed by atoms with Crippen LogP contribution in [-0.4, -0.2) is 30.6 Å². The van der Waals surface area contributed by atoms with E-state index in [0.717, 1.165) is 44.3 Å². The molecular formula is C17H22FNO2. The Morgan fingerprint density at radius 2 is 2.10 bits per heavy atom. The maximum atomic E-state index is 13.5. The molecule has 0 spiro atoms. The summed E-state index contributed by atoms with van der Waals surface area (Å²) >= 11 is 0. The molecule has 0 aromatic heterocycles. The fraction of sp³-hybridized carbons (Fsp3) is 0.588. The van der Waals surface area contributed by atoms with Gasteiger partial charge in [-0.3, -0.25) is 9.69 Å². The number of halogens is 1. The Morgan fingerprint density at radius 1 is 1.33 bits per heavy atom. The van der Waals surface area contributed by atoms with Crippen molar-refractivity contribution in [1.82, 2.24) is 4.90 Å². The third-order valence-electron chi connectivity index (χ3n) is 4.74. The Bertz CT molecular complexity index is 524. The average molecular weight is 291 g/mol. The van der Waals surface area contributed by atoms with Gasteiger partial charge >= 0.3 is 5.97 Å². The van der Waals surface area contributed by atoms with Crippen molar-refractivity contribution in [3.8, 4) is 0 Å². The van der Waals surface area contributed by atoms with Crippen LogP contribution in [0.2, 0.25) is 0 Å². The van der Waals surface area contributed by atoms with Crippen LogP contribution in [0.5, 0.6) is 0 Å². The highest BCUT2D eigenvalue weighted by molar-refractivity contribution is 5.72.